The normalized spacial score (nSPS) is 15.7. The zero-order valence-corrected chi connectivity index (χ0v) is 8.03. The molecule has 1 aliphatic rings. The molecule has 1 amide bonds. The topological polar surface area (TPSA) is 66.4 Å². The van der Waals surface area contributed by atoms with Crippen molar-refractivity contribution in [3.63, 3.8) is 0 Å². The fraction of sp³-hybridized carbons (Fsp3) is 0.600. The van der Waals surface area contributed by atoms with Crippen molar-refractivity contribution in [2.24, 2.45) is 5.92 Å². The lowest BCUT2D eigenvalue weighted by Gasteiger charge is -2.01. The highest BCUT2D eigenvalue weighted by Crippen LogP contribution is 2.31. The summed E-state index contributed by atoms with van der Waals surface area (Å²) in [6.45, 7) is 0.523. The maximum Gasteiger partial charge on any atom is 0.327 e. The van der Waals surface area contributed by atoms with Crippen LogP contribution < -0.4 is 5.32 Å². The van der Waals surface area contributed by atoms with Gasteiger partial charge in [0.15, 0.2) is 0 Å². The number of hydrogen-bond acceptors (Lipinski definition) is 2. The number of nitrogens with one attached hydrogen (secondary N) is 1. The van der Waals surface area contributed by atoms with Crippen LogP contribution in [0.4, 0.5) is 0 Å². The molecule has 0 aliphatic heterocycles. The van der Waals surface area contributed by atoms with Gasteiger partial charge in [0.05, 0.1) is 0 Å². The van der Waals surface area contributed by atoms with Gasteiger partial charge in [0.1, 0.15) is 0 Å². The average molecular weight is 197 g/mol. The summed E-state index contributed by atoms with van der Waals surface area (Å²) in [4.78, 5) is 21.2. The Morgan fingerprint density at radius 2 is 2.14 bits per heavy atom. The molecule has 1 aliphatic carbocycles. The first-order valence-corrected chi connectivity index (χ1v) is 4.84. The minimum Gasteiger partial charge on any atom is -0.478 e. The monoisotopic (exact) mass is 197 g/mol. The van der Waals surface area contributed by atoms with Crippen molar-refractivity contribution >= 4 is 11.9 Å². The lowest BCUT2D eigenvalue weighted by molar-refractivity contribution is -0.131. The molecule has 0 radical (unpaired) electrons. The fourth-order valence-corrected chi connectivity index (χ4v) is 1.14. The molecule has 4 nitrogen and oxygen atoms in total. The maximum atomic E-state index is 11.1. The Hall–Kier alpha value is -1.32. The van der Waals surface area contributed by atoms with Crippen molar-refractivity contribution in [2.45, 2.75) is 25.7 Å². The van der Waals surface area contributed by atoms with Gasteiger partial charge in [0.2, 0.25) is 5.91 Å². The second-order valence-corrected chi connectivity index (χ2v) is 3.53. The van der Waals surface area contributed by atoms with Crippen LogP contribution >= 0.6 is 0 Å². The number of carbonyl (C=O) groups is 2. The van der Waals surface area contributed by atoms with Crippen LogP contribution in [0.1, 0.15) is 25.7 Å². The smallest absolute Gasteiger partial charge is 0.327 e. The molecule has 0 aromatic heterocycles. The molecule has 4 heteroatoms. The van der Waals surface area contributed by atoms with Crippen LogP contribution in [-0.4, -0.2) is 23.5 Å². The molecule has 0 saturated heterocycles. The van der Waals surface area contributed by atoms with Gasteiger partial charge in [-0.25, -0.2) is 4.79 Å². The number of hydrogen-bond donors (Lipinski definition) is 2. The van der Waals surface area contributed by atoms with E-state index in [0.717, 1.165) is 6.08 Å². The summed E-state index contributed by atoms with van der Waals surface area (Å²) in [5.41, 5.74) is 0. The zero-order chi connectivity index (χ0) is 10.4. The van der Waals surface area contributed by atoms with E-state index < -0.39 is 5.97 Å². The summed E-state index contributed by atoms with van der Waals surface area (Å²) in [5, 5.41) is 11.0. The van der Waals surface area contributed by atoms with E-state index in [9.17, 15) is 9.59 Å². The van der Waals surface area contributed by atoms with Crippen LogP contribution in [0.2, 0.25) is 0 Å². The molecule has 2 N–H and O–H groups in total. The van der Waals surface area contributed by atoms with E-state index in [1.54, 1.807) is 6.08 Å². The van der Waals surface area contributed by atoms with Crippen LogP contribution in [0.25, 0.3) is 0 Å². The van der Waals surface area contributed by atoms with E-state index in [1.165, 1.54) is 12.8 Å². The van der Waals surface area contributed by atoms with Gasteiger partial charge in [-0.15, -0.1) is 0 Å². The number of amides is 1. The molecular weight excluding hydrogens is 182 g/mol. The summed E-state index contributed by atoms with van der Waals surface area (Å²) in [5.74, 6) is -0.268. The summed E-state index contributed by atoms with van der Waals surface area (Å²) in [6.07, 6.45) is 6.18. The van der Waals surface area contributed by atoms with Crippen molar-refractivity contribution in [3.8, 4) is 0 Å². The van der Waals surface area contributed by atoms with Gasteiger partial charge in [0, 0.05) is 19.0 Å². The van der Waals surface area contributed by atoms with Gasteiger partial charge in [-0.3, -0.25) is 4.79 Å². The lowest BCUT2D eigenvalue weighted by atomic mass is 10.3. The number of carboxylic acid groups (broad SMARTS) is 1. The maximum absolute atomic E-state index is 11.1. The van der Waals surface area contributed by atoms with Gasteiger partial charge < -0.3 is 10.4 Å². The quantitative estimate of drug-likeness (QED) is 0.492. The highest BCUT2D eigenvalue weighted by atomic mass is 16.4. The molecule has 14 heavy (non-hydrogen) atoms. The first-order valence-electron chi connectivity index (χ1n) is 4.84. The molecule has 0 atom stereocenters. The largest absolute Gasteiger partial charge is 0.478 e. The molecule has 0 aromatic rings. The van der Waals surface area contributed by atoms with Gasteiger partial charge in [-0.05, 0) is 25.2 Å². The fourth-order valence-electron chi connectivity index (χ4n) is 1.14. The van der Waals surface area contributed by atoms with Crippen molar-refractivity contribution < 1.29 is 14.7 Å². The first-order chi connectivity index (χ1) is 6.68. The predicted molar refractivity (Wildman–Crippen MR) is 51.7 cm³/mol. The molecule has 0 bridgehead atoms. The van der Waals surface area contributed by atoms with E-state index in [0.29, 0.717) is 25.3 Å². The Morgan fingerprint density at radius 1 is 1.43 bits per heavy atom. The predicted octanol–water partition coefficient (Wildman–Crippen LogP) is 0.934. The lowest BCUT2D eigenvalue weighted by Crippen LogP contribution is -2.24. The first kappa shape index (κ1) is 10.8. The van der Waals surface area contributed by atoms with Crippen LogP contribution in [0.5, 0.6) is 0 Å². The van der Waals surface area contributed by atoms with Crippen molar-refractivity contribution in [1.29, 1.82) is 0 Å². The molecule has 1 saturated carbocycles. The number of carboxylic acids is 1. The van der Waals surface area contributed by atoms with Gasteiger partial charge in [0.25, 0.3) is 0 Å². The highest BCUT2D eigenvalue weighted by Gasteiger charge is 2.23. The van der Waals surface area contributed by atoms with E-state index in [4.69, 9.17) is 5.11 Å². The third-order valence-electron chi connectivity index (χ3n) is 2.06. The van der Waals surface area contributed by atoms with E-state index in [2.05, 4.69) is 5.32 Å². The Morgan fingerprint density at radius 3 is 2.71 bits per heavy atom. The van der Waals surface area contributed by atoms with Crippen LogP contribution in [0.3, 0.4) is 0 Å². The Bertz CT molecular complexity index is 244. The van der Waals surface area contributed by atoms with Crippen LogP contribution in [0, 0.1) is 5.92 Å². The van der Waals surface area contributed by atoms with E-state index in [-0.39, 0.29) is 5.91 Å². The van der Waals surface area contributed by atoms with E-state index in [1.807, 2.05) is 0 Å². The zero-order valence-electron chi connectivity index (χ0n) is 8.03. The summed E-state index contributed by atoms with van der Waals surface area (Å²) in [7, 11) is 0. The number of carbonyl (C=O) groups excluding carboxylic acids is 1. The Kier molecular flexibility index (Phi) is 4.16. The SMILES string of the molecule is O=C(O)C=CCCNC(=O)CC1CC1. The third kappa shape index (κ3) is 5.35. The summed E-state index contributed by atoms with van der Waals surface area (Å²) in [6, 6.07) is 0. The Balaban J connectivity index is 1.96. The van der Waals surface area contributed by atoms with Crippen molar-refractivity contribution in [2.75, 3.05) is 6.54 Å². The van der Waals surface area contributed by atoms with Crippen LogP contribution in [-0.2, 0) is 9.59 Å². The highest BCUT2D eigenvalue weighted by molar-refractivity contribution is 5.79. The molecule has 0 unspecified atom stereocenters. The minimum absolute atomic E-state index is 0.0798. The Labute approximate surface area is 83.0 Å². The third-order valence-corrected chi connectivity index (χ3v) is 2.06. The summed E-state index contributed by atoms with van der Waals surface area (Å²) >= 11 is 0. The molecule has 78 valence electrons. The van der Waals surface area contributed by atoms with Crippen molar-refractivity contribution in [3.05, 3.63) is 12.2 Å². The average Bonchev–Trinajstić information content (AvgIpc) is 2.87. The molecule has 0 aromatic carbocycles. The van der Waals surface area contributed by atoms with Gasteiger partial charge in [-0.1, -0.05) is 6.08 Å². The van der Waals surface area contributed by atoms with Crippen LogP contribution in [0.15, 0.2) is 12.2 Å². The minimum atomic E-state index is -0.950. The molecule has 0 heterocycles. The molecule has 1 fully saturated rings. The molecule has 1 rings (SSSR count). The van der Waals surface area contributed by atoms with Gasteiger partial charge in [-0.2, -0.15) is 0 Å². The number of aliphatic carboxylic acids is 1. The van der Waals surface area contributed by atoms with Gasteiger partial charge >= 0.3 is 5.97 Å². The second kappa shape index (κ2) is 5.42. The van der Waals surface area contributed by atoms with E-state index >= 15 is 0 Å². The van der Waals surface area contributed by atoms with Crippen molar-refractivity contribution in [1.82, 2.24) is 5.32 Å². The summed E-state index contributed by atoms with van der Waals surface area (Å²) < 4.78 is 0. The molecular formula is C10H15NO3. The number of rotatable bonds is 6. The standard InChI is InChI=1S/C10H15NO3/c12-9(7-8-4-5-8)11-6-2-1-3-10(13)14/h1,3,8H,2,4-7H2,(H,11,12)(H,13,14). The molecule has 0 spiro atoms. The second-order valence-electron chi connectivity index (χ2n) is 3.53.